The first-order valence-electron chi connectivity index (χ1n) is 10.3. The number of hydrogen-bond donors (Lipinski definition) is 1. The third kappa shape index (κ3) is 4.55. The summed E-state index contributed by atoms with van der Waals surface area (Å²) < 4.78 is 37.7. The smallest absolute Gasteiger partial charge is 0.420 e. The third-order valence-electron chi connectivity index (χ3n) is 5.34. The van der Waals surface area contributed by atoms with Gasteiger partial charge in [0.1, 0.15) is 24.5 Å². The Labute approximate surface area is 197 Å². The third-order valence-corrected chi connectivity index (χ3v) is 5.41. The number of ether oxygens (including phenoxy) is 2. The van der Waals surface area contributed by atoms with Crippen LogP contribution in [-0.4, -0.2) is 37.1 Å². The number of carbonyl (C=O) groups is 1. The number of alkyl halides is 3. The van der Waals surface area contributed by atoms with E-state index in [1.807, 2.05) is 6.92 Å². The van der Waals surface area contributed by atoms with Crippen LogP contribution < -0.4 is 10.1 Å². The lowest BCUT2D eigenvalue weighted by Crippen LogP contribution is -2.24. The first-order chi connectivity index (χ1) is 16.3. The molecule has 8 nitrogen and oxygen atoms in total. The van der Waals surface area contributed by atoms with Crippen LogP contribution >= 0.6 is 11.6 Å². The molecule has 1 amide bonds. The first kappa shape index (κ1) is 22.2. The number of carbonyl (C=O) groups excluding carboxylic acids is 1. The molecule has 1 aliphatic heterocycles. The van der Waals surface area contributed by atoms with E-state index in [4.69, 9.17) is 16.3 Å². The molecule has 11 heteroatoms. The number of imidazole rings is 1. The highest BCUT2D eigenvalue weighted by Crippen LogP contribution is 2.33. The van der Waals surface area contributed by atoms with Gasteiger partial charge in [-0.25, -0.2) is 15.0 Å². The van der Waals surface area contributed by atoms with Crippen molar-refractivity contribution in [1.29, 1.82) is 0 Å². The number of halogens is 3. The minimum absolute atomic E-state index is 0.0263. The molecule has 0 saturated carbocycles. The van der Waals surface area contributed by atoms with Gasteiger partial charge < -0.3 is 19.4 Å². The van der Waals surface area contributed by atoms with Crippen molar-refractivity contribution >= 4 is 34.2 Å². The van der Waals surface area contributed by atoms with E-state index in [1.54, 1.807) is 24.5 Å². The van der Waals surface area contributed by atoms with Crippen LogP contribution in [0.15, 0.2) is 55.1 Å². The summed E-state index contributed by atoms with van der Waals surface area (Å²) in [5, 5.41) is 2.75. The molecule has 0 aliphatic carbocycles. The fourth-order valence-corrected chi connectivity index (χ4v) is 3.97. The summed E-state index contributed by atoms with van der Waals surface area (Å²) in [5.74, 6) is 0.244. The quantitative estimate of drug-likeness (QED) is 0.407. The van der Waals surface area contributed by atoms with E-state index in [9.17, 15) is 13.6 Å². The van der Waals surface area contributed by atoms with Gasteiger partial charge in [0.2, 0.25) is 0 Å². The Kier molecular flexibility index (Phi) is 5.62. The molecule has 1 N–H and O–H groups in total. The molecule has 0 radical (unpaired) electrons. The molecule has 1 aliphatic rings. The number of anilines is 1. The summed E-state index contributed by atoms with van der Waals surface area (Å²) >= 11 is 4.78. The second-order valence-corrected chi connectivity index (χ2v) is 8.25. The van der Waals surface area contributed by atoms with Gasteiger partial charge in [-0.3, -0.25) is 4.79 Å². The van der Waals surface area contributed by atoms with Gasteiger partial charge in [0.05, 0.1) is 23.7 Å². The number of amides is 1. The standard InChI is InChI=1S/C23H18ClF2N5O3/c1-13-10-31-20(11-33-13)30-19-7-14(6-18(21(19)31)15-8-27-12-28-9-15)22(32)29-16-2-4-17(5-3-16)34-23(24,25)26/h2-9,12-13H,10-11H2,1H3,(H,29,32)/t13-/m0/s1. The van der Waals surface area contributed by atoms with E-state index < -0.39 is 11.5 Å². The number of nitrogens with one attached hydrogen (secondary N) is 1. The molecule has 0 saturated heterocycles. The molecule has 4 aromatic rings. The van der Waals surface area contributed by atoms with Crippen molar-refractivity contribution in [2.24, 2.45) is 0 Å². The van der Waals surface area contributed by atoms with Gasteiger partial charge >= 0.3 is 5.57 Å². The molecular weight excluding hydrogens is 468 g/mol. The highest BCUT2D eigenvalue weighted by atomic mass is 35.5. The molecule has 0 unspecified atom stereocenters. The van der Waals surface area contributed by atoms with Crippen LogP contribution in [-0.2, 0) is 17.9 Å². The maximum Gasteiger partial charge on any atom is 0.487 e. The highest BCUT2D eigenvalue weighted by Gasteiger charge is 2.27. The largest absolute Gasteiger partial charge is 0.487 e. The van der Waals surface area contributed by atoms with Crippen LogP contribution in [0.2, 0.25) is 0 Å². The maximum atomic E-state index is 13.1. The van der Waals surface area contributed by atoms with E-state index >= 15 is 0 Å². The Morgan fingerprint density at radius 2 is 1.97 bits per heavy atom. The first-order valence-corrected chi connectivity index (χ1v) is 10.7. The van der Waals surface area contributed by atoms with Gasteiger partial charge in [-0.15, -0.1) is 8.78 Å². The highest BCUT2D eigenvalue weighted by molar-refractivity contribution is 6.20. The average molecular weight is 486 g/mol. The predicted molar refractivity (Wildman–Crippen MR) is 121 cm³/mol. The average Bonchev–Trinajstić information content (AvgIpc) is 3.17. The Morgan fingerprint density at radius 3 is 2.68 bits per heavy atom. The summed E-state index contributed by atoms with van der Waals surface area (Å²) in [6.07, 6.45) is 4.82. The van der Waals surface area contributed by atoms with Gasteiger partial charge in [0, 0.05) is 46.4 Å². The number of rotatable bonds is 5. The number of aromatic nitrogens is 4. The number of fused-ring (bicyclic) bond motifs is 3. The molecule has 174 valence electrons. The Balaban J connectivity index is 1.51. The van der Waals surface area contributed by atoms with Crippen LogP contribution in [0.5, 0.6) is 5.75 Å². The number of hydrogen-bond acceptors (Lipinski definition) is 6. The maximum absolute atomic E-state index is 13.1. The fraction of sp³-hybridized carbons (Fsp3) is 0.217. The Hall–Kier alpha value is -3.63. The number of benzene rings is 2. The van der Waals surface area contributed by atoms with Gasteiger partial charge in [0.25, 0.3) is 5.91 Å². The summed E-state index contributed by atoms with van der Waals surface area (Å²) in [6, 6.07) is 8.91. The van der Waals surface area contributed by atoms with Crippen molar-refractivity contribution in [3.05, 3.63) is 66.5 Å². The van der Waals surface area contributed by atoms with E-state index in [0.29, 0.717) is 29.9 Å². The molecule has 0 fully saturated rings. The minimum atomic E-state index is -3.82. The van der Waals surface area contributed by atoms with Gasteiger partial charge in [-0.05, 0) is 43.3 Å². The monoisotopic (exact) mass is 485 g/mol. The summed E-state index contributed by atoms with van der Waals surface area (Å²) in [6.45, 7) is 3.00. The molecule has 2 aromatic carbocycles. The molecule has 0 bridgehead atoms. The Bertz CT molecular complexity index is 1360. The second-order valence-electron chi connectivity index (χ2n) is 7.81. The van der Waals surface area contributed by atoms with Crippen molar-refractivity contribution < 1.29 is 23.0 Å². The zero-order valence-electron chi connectivity index (χ0n) is 17.8. The van der Waals surface area contributed by atoms with Gasteiger partial charge in [-0.1, -0.05) is 0 Å². The van der Waals surface area contributed by atoms with Crippen LogP contribution in [0, 0.1) is 0 Å². The van der Waals surface area contributed by atoms with Crippen LogP contribution in [0.3, 0.4) is 0 Å². The molecule has 0 spiro atoms. The lowest BCUT2D eigenvalue weighted by atomic mass is 10.0. The van der Waals surface area contributed by atoms with Gasteiger partial charge in [-0.2, -0.15) is 0 Å². The molecule has 1 atom stereocenters. The topological polar surface area (TPSA) is 91.2 Å². The lowest BCUT2D eigenvalue weighted by molar-refractivity contribution is -0.0964. The summed E-state index contributed by atoms with van der Waals surface area (Å²) in [7, 11) is 0. The van der Waals surface area contributed by atoms with Crippen LogP contribution in [0.1, 0.15) is 23.1 Å². The minimum Gasteiger partial charge on any atom is -0.420 e. The summed E-state index contributed by atoms with van der Waals surface area (Å²) in [4.78, 5) is 26.0. The molecule has 34 heavy (non-hydrogen) atoms. The Morgan fingerprint density at radius 1 is 1.24 bits per heavy atom. The van der Waals surface area contributed by atoms with Gasteiger partial charge in [0.15, 0.2) is 0 Å². The summed E-state index contributed by atoms with van der Waals surface area (Å²) in [5.41, 5.74) is -0.0248. The second kappa shape index (κ2) is 8.62. The van der Waals surface area contributed by atoms with E-state index in [2.05, 4.69) is 29.6 Å². The molecule has 2 aromatic heterocycles. The SMILES string of the molecule is C[C@H]1Cn2c(nc3cc(C(=O)Nc4ccc(OC(F)(F)Cl)cc4)cc(-c4cncnc4)c32)CO1. The molecular formula is C23H18ClF2N5O3. The predicted octanol–water partition coefficient (Wildman–Crippen LogP) is 4.83. The van der Waals surface area contributed by atoms with E-state index in [0.717, 1.165) is 22.5 Å². The fourth-order valence-electron chi connectivity index (χ4n) is 3.88. The van der Waals surface area contributed by atoms with Crippen molar-refractivity contribution in [2.45, 2.75) is 31.7 Å². The van der Waals surface area contributed by atoms with Crippen molar-refractivity contribution in [2.75, 3.05) is 5.32 Å². The lowest BCUT2D eigenvalue weighted by Gasteiger charge is -2.22. The molecule has 3 heterocycles. The van der Waals surface area contributed by atoms with Crippen molar-refractivity contribution in [3.8, 4) is 16.9 Å². The number of nitrogens with zero attached hydrogens (tertiary/aromatic N) is 4. The zero-order chi connectivity index (χ0) is 23.9. The molecule has 5 rings (SSSR count). The normalized spacial score (nSPS) is 15.7. The zero-order valence-corrected chi connectivity index (χ0v) is 18.6. The van der Waals surface area contributed by atoms with Crippen molar-refractivity contribution in [1.82, 2.24) is 19.5 Å². The van der Waals surface area contributed by atoms with Crippen LogP contribution in [0.4, 0.5) is 14.5 Å². The van der Waals surface area contributed by atoms with E-state index in [1.165, 1.54) is 30.6 Å². The van der Waals surface area contributed by atoms with Crippen molar-refractivity contribution in [3.63, 3.8) is 0 Å². The van der Waals surface area contributed by atoms with Crippen LogP contribution in [0.25, 0.3) is 22.2 Å². The van der Waals surface area contributed by atoms with E-state index in [-0.39, 0.29) is 11.9 Å².